The Labute approximate surface area is 154 Å². The normalized spacial score (nSPS) is 12.0. The molecule has 0 fully saturated rings. The number of anilines is 1. The van der Waals surface area contributed by atoms with Gasteiger partial charge in [0.25, 0.3) is 0 Å². The van der Waals surface area contributed by atoms with Crippen molar-refractivity contribution in [1.29, 1.82) is 0 Å². The highest BCUT2D eigenvalue weighted by atomic mass is 32.2. The van der Waals surface area contributed by atoms with E-state index in [1.807, 2.05) is 30.3 Å². The Morgan fingerprint density at radius 2 is 1.81 bits per heavy atom. The number of para-hydroxylation sites is 1. The summed E-state index contributed by atoms with van der Waals surface area (Å²) in [4.78, 5) is 14.2. The zero-order valence-electron chi connectivity index (χ0n) is 14.3. The van der Waals surface area contributed by atoms with E-state index >= 15 is 0 Å². The van der Waals surface area contributed by atoms with Crippen molar-refractivity contribution in [1.82, 2.24) is 14.9 Å². The number of carbonyl (C=O) groups is 1. The predicted molar refractivity (Wildman–Crippen MR) is 101 cm³/mol. The summed E-state index contributed by atoms with van der Waals surface area (Å²) in [7, 11) is 1.71. The average Bonchev–Trinajstić information content (AvgIpc) is 3.02. The lowest BCUT2D eigenvalue weighted by molar-refractivity contribution is -0.117. The first-order chi connectivity index (χ1) is 12.5. The van der Waals surface area contributed by atoms with Crippen LogP contribution in [0.3, 0.4) is 0 Å². The van der Waals surface area contributed by atoms with E-state index in [-0.39, 0.29) is 17.3 Å². The Hall–Kier alpha value is -2.87. The van der Waals surface area contributed by atoms with Gasteiger partial charge in [-0.3, -0.25) is 4.79 Å². The molecule has 6 nitrogen and oxygen atoms in total. The number of hydrogen-bond acceptors (Lipinski definition) is 5. The Morgan fingerprint density at radius 3 is 2.50 bits per heavy atom. The van der Waals surface area contributed by atoms with Gasteiger partial charge < -0.3 is 10.7 Å². The molecule has 2 aromatic carbocycles. The fourth-order valence-corrected chi connectivity index (χ4v) is 3.31. The van der Waals surface area contributed by atoms with Crippen molar-refractivity contribution in [2.24, 2.45) is 0 Å². The number of halogens is 1. The molecule has 0 spiro atoms. The topological polar surface area (TPSA) is 77.0 Å². The fraction of sp³-hybridized carbons (Fsp3) is 0.167. The number of aromatic nitrogens is 3. The molecule has 0 radical (unpaired) electrons. The second kappa shape index (κ2) is 7.57. The molecule has 1 heterocycles. The SMILES string of the molecule is CC(Sc1nnc(-c2ccccc2F)n1N)C(=O)N(C)c1ccccc1. The van der Waals surface area contributed by atoms with Crippen LogP contribution in [0.4, 0.5) is 10.1 Å². The van der Waals surface area contributed by atoms with Gasteiger partial charge in [-0.1, -0.05) is 42.1 Å². The molecule has 134 valence electrons. The van der Waals surface area contributed by atoms with Crippen LogP contribution in [-0.2, 0) is 4.79 Å². The van der Waals surface area contributed by atoms with Gasteiger partial charge in [0.05, 0.1) is 10.8 Å². The van der Waals surface area contributed by atoms with Crippen LogP contribution in [0.25, 0.3) is 11.4 Å². The van der Waals surface area contributed by atoms with Gasteiger partial charge >= 0.3 is 0 Å². The van der Waals surface area contributed by atoms with Crippen molar-refractivity contribution in [3.05, 3.63) is 60.4 Å². The standard InChI is InChI=1S/C18H18FN5OS/c1-12(17(25)23(2)13-8-4-3-5-9-13)26-18-22-21-16(24(18)20)14-10-6-7-11-15(14)19/h3-12H,20H2,1-2H3. The van der Waals surface area contributed by atoms with E-state index in [2.05, 4.69) is 10.2 Å². The van der Waals surface area contributed by atoms with E-state index in [0.717, 1.165) is 5.69 Å². The maximum absolute atomic E-state index is 13.9. The van der Waals surface area contributed by atoms with E-state index in [1.165, 1.54) is 22.5 Å². The second-order valence-electron chi connectivity index (χ2n) is 5.65. The lowest BCUT2D eigenvalue weighted by Crippen LogP contribution is -2.33. The maximum atomic E-state index is 13.9. The maximum Gasteiger partial charge on any atom is 0.240 e. The highest BCUT2D eigenvalue weighted by molar-refractivity contribution is 8.00. The first-order valence-electron chi connectivity index (χ1n) is 7.93. The van der Waals surface area contributed by atoms with Crippen molar-refractivity contribution in [3.8, 4) is 11.4 Å². The highest BCUT2D eigenvalue weighted by Gasteiger charge is 2.23. The molecule has 0 bridgehead atoms. The molecule has 0 saturated carbocycles. The lowest BCUT2D eigenvalue weighted by atomic mass is 10.2. The van der Waals surface area contributed by atoms with Crippen molar-refractivity contribution in [2.45, 2.75) is 17.3 Å². The van der Waals surface area contributed by atoms with Gasteiger partial charge in [0.1, 0.15) is 5.82 Å². The Morgan fingerprint density at radius 1 is 1.15 bits per heavy atom. The third-order valence-electron chi connectivity index (χ3n) is 3.88. The quantitative estimate of drug-likeness (QED) is 0.551. The van der Waals surface area contributed by atoms with Gasteiger partial charge in [-0.15, -0.1) is 10.2 Å². The van der Waals surface area contributed by atoms with Crippen LogP contribution >= 0.6 is 11.8 Å². The summed E-state index contributed by atoms with van der Waals surface area (Å²) >= 11 is 1.17. The number of nitrogens with zero attached hydrogens (tertiary/aromatic N) is 4. The largest absolute Gasteiger partial charge is 0.335 e. The van der Waals surface area contributed by atoms with E-state index in [1.54, 1.807) is 37.1 Å². The Balaban J connectivity index is 1.77. The molecule has 0 saturated heterocycles. The summed E-state index contributed by atoms with van der Waals surface area (Å²) in [5.41, 5.74) is 1.06. The van der Waals surface area contributed by atoms with Gasteiger partial charge in [0.2, 0.25) is 11.1 Å². The minimum atomic E-state index is -0.444. The average molecular weight is 371 g/mol. The van der Waals surface area contributed by atoms with Gasteiger partial charge in [0, 0.05) is 12.7 Å². The van der Waals surface area contributed by atoms with E-state index in [9.17, 15) is 9.18 Å². The minimum absolute atomic E-state index is 0.100. The molecular formula is C18H18FN5OS. The molecule has 1 amide bonds. The van der Waals surface area contributed by atoms with E-state index < -0.39 is 11.1 Å². The smallest absolute Gasteiger partial charge is 0.240 e. The molecule has 1 unspecified atom stereocenters. The molecular weight excluding hydrogens is 353 g/mol. The number of benzene rings is 2. The summed E-state index contributed by atoms with van der Waals surface area (Å²) in [5.74, 6) is 5.69. The van der Waals surface area contributed by atoms with E-state index in [4.69, 9.17) is 5.84 Å². The van der Waals surface area contributed by atoms with Gasteiger partial charge in [0.15, 0.2) is 5.82 Å². The van der Waals surface area contributed by atoms with Gasteiger partial charge in [-0.2, -0.15) is 0 Å². The number of nitrogens with two attached hydrogens (primary N) is 1. The first-order valence-corrected chi connectivity index (χ1v) is 8.81. The predicted octanol–water partition coefficient (Wildman–Crippen LogP) is 2.94. The summed E-state index contributed by atoms with van der Waals surface area (Å²) in [5, 5.41) is 7.86. The molecule has 0 aliphatic heterocycles. The monoisotopic (exact) mass is 371 g/mol. The van der Waals surface area contributed by atoms with Crippen molar-refractivity contribution >= 4 is 23.4 Å². The van der Waals surface area contributed by atoms with Crippen molar-refractivity contribution < 1.29 is 9.18 Å². The number of amides is 1. The number of thioether (sulfide) groups is 1. The fourth-order valence-electron chi connectivity index (χ4n) is 2.44. The van der Waals surface area contributed by atoms with E-state index in [0.29, 0.717) is 5.16 Å². The third kappa shape index (κ3) is 3.55. The molecule has 0 aliphatic carbocycles. The first kappa shape index (κ1) is 17.9. The van der Waals surface area contributed by atoms with Crippen LogP contribution < -0.4 is 10.7 Å². The van der Waals surface area contributed by atoms with Crippen molar-refractivity contribution in [3.63, 3.8) is 0 Å². The van der Waals surface area contributed by atoms with Crippen molar-refractivity contribution in [2.75, 3.05) is 17.8 Å². The number of hydrogen-bond donors (Lipinski definition) is 1. The van der Waals surface area contributed by atoms with Gasteiger partial charge in [-0.05, 0) is 31.2 Å². The zero-order valence-corrected chi connectivity index (χ0v) is 15.2. The van der Waals surface area contributed by atoms with Crippen LogP contribution in [-0.4, -0.2) is 33.1 Å². The Kier molecular flexibility index (Phi) is 5.22. The second-order valence-corrected chi connectivity index (χ2v) is 6.96. The van der Waals surface area contributed by atoms with Crippen LogP contribution in [0.1, 0.15) is 6.92 Å². The lowest BCUT2D eigenvalue weighted by Gasteiger charge is -2.20. The number of carbonyl (C=O) groups excluding carboxylic acids is 1. The molecule has 1 aromatic heterocycles. The molecule has 0 aliphatic rings. The molecule has 3 aromatic rings. The van der Waals surface area contributed by atoms with Crippen LogP contribution in [0, 0.1) is 5.82 Å². The van der Waals surface area contributed by atoms with Crippen LogP contribution in [0.2, 0.25) is 0 Å². The summed E-state index contributed by atoms with van der Waals surface area (Å²) in [6.45, 7) is 1.77. The molecule has 2 N–H and O–H groups in total. The number of nitrogen functional groups attached to an aromatic ring is 1. The van der Waals surface area contributed by atoms with Crippen LogP contribution in [0.5, 0.6) is 0 Å². The minimum Gasteiger partial charge on any atom is -0.335 e. The third-order valence-corrected chi connectivity index (χ3v) is 4.93. The number of rotatable bonds is 5. The highest BCUT2D eigenvalue weighted by Crippen LogP contribution is 2.27. The summed E-state index contributed by atoms with van der Waals surface area (Å²) in [6.07, 6.45) is 0. The summed E-state index contributed by atoms with van der Waals surface area (Å²) in [6, 6.07) is 15.5. The van der Waals surface area contributed by atoms with Gasteiger partial charge in [-0.25, -0.2) is 9.07 Å². The van der Waals surface area contributed by atoms with Crippen LogP contribution in [0.15, 0.2) is 59.8 Å². The molecule has 26 heavy (non-hydrogen) atoms. The molecule has 3 rings (SSSR count). The Bertz CT molecular complexity index is 915. The zero-order chi connectivity index (χ0) is 18.7. The summed E-state index contributed by atoms with van der Waals surface area (Å²) < 4.78 is 15.1. The molecule has 8 heteroatoms. The molecule has 1 atom stereocenters.